The molecule has 1 saturated heterocycles. The maximum atomic E-state index is 13.1. The van der Waals surface area contributed by atoms with E-state index in [9.17, 15) is 9.59 Å². The molecule has 0 spiro atoms. The Morgan fingerprint density at radius 3 is 2.57 bits per heavy atom. The van der Waals surface area contributed by atoms with Crippen LogP contribution in [0.25, 0.3) is 0 Å². The van der Waals surface area contributed by atoms with Crippen LogP contribution < -0.4 is 14.8 Å². The van der Waals surface area contributed by atoms with Crippen molar-refractivity contribution in [2.24, 2.45) is 11.8 Å². The van der Waals surface area contributed by atoms with Crippen LogP contribution in [0.1, 0.15) is 57.1 Å². The number of amides is 2. The number of piperidine rings is 1. The zero-order chi connectivity index (χ0) is 20.1. The summed E-state index contributed by atoms with van der Waals surface area (Å²) in [5, 5.41) is 3.17. The fourth-order valence-corrected chi connectivity index (χ4v) is 4.64. The molecule has 1 N–H and O–H groups in total. The summed E-state index contributed by atoms with van der Waals surface area (Å²) in [6, 6.07) is 5.27. The third-order valence-corrected chi connectivity index (χ3v) is 6.18. The molecule has 0 radical (unpaired) electrons. The van der Waals surface area contributed by atoms with Crippen molar-refractivity contribution in [3.8, 4) is 11.5 Å². The Kier molecular flexibility index (Phi) is 6.81. The minimum atomic E-state index is -0.323. The summed E-state index contributed by atoms with van der Waals surface area (Å²) in [5.74, 6) is 1.77. The van der Waals surface area contributed by atoms with Gasteiger partial charge < -0.3 is 19.7 Å². The maximum absolute atomic E-state index is 13.1. The first-order valence-corrected chi connectivity index (χ1v) is 10.4. The minimum absolute atomic E-state index is 0.0423. The number of hydrogen-bond acceptors (Lipinski definition) is 4. The Labute approximate surface area is 167 Å². The molecule has 1 aliphatic heterocycles. The van der Waals surface area contributed by atoms with Gasteiger partial charge in [0.2, 0.25) is 11.8 Å². The molecule has 6 nitrogen and oxygen atoms in total. The number of carbonyl (C=O) groups excluding carboxylic acids is 2. The number of likely N-dealkylation sites (tertiary alicyclic amines) is 1. The van der Waals surface area contributed by atoms with E-state index in [0.717, 1.165) is 12.1 Å². The summed E-state index contributed by atoms with van der Waals surface area (Å²) in [5.41, 5.74) is 0.860. The van der Waals surface area contributed by atoms with E-state index in [1.807, 2.05) is 30.0 Å². The van der Waals surface area contributed by atoms with E-state index in [2.05, 4.69) is 5.32 Å². The third kappa shape index (κ3) is 4.26. The average Bonchev–Trinajstić information content (AvgIpc) is 3.24. The van der Waals surface area contributed by atoms with Crippen LogP contribution >= 0.6 is 0 Å². The van der Waals surface area contributed by atoms with Gasteiger partial charge in [-0.25, -0.2) is 0 Å². The number of benzene rings is 1. The lowest BCUT2D eigenvalue weighted by atomic mass is 9.83. The molecule has 2 aliphatic rings. The van der Waals surface area contributed by atoms with E-state index in [-0.39, 0.29) is 23.8 Å². The van der Waals surface area contributed by atoms with E-state index in [1.54, 1.807) is 14.2 Å². The van der Waals surface area contributed by atoms with Crippen molar-refractivity contribution in [3.05, 3.63) is 23.8 Å². The average molecular weight is 389 g/mol. The Hall–Kier alpha value is -2.24. The molecule has 2 fully saturated rings. The molecule has 154 valence electrons. The van der Waals surface area contributed by atoms with Gasteiger partial charge in [-0.2, -0.15) is 0 Å². The molecule has 1 saturated carbocycles. The molecular weight excluding hydrogens is 356 g/mol. The molecule has 1 aromatic carbocycles. The van der Waals surface area contributed by atoms with Gasteiger partial charge in [-0.05, 0) is 44.2 Å². The molecule has 0 aromatic heterocycles. The summed E-state index contributed by atoms with van der Waals surface area (Å²) >= 11 is 0. The van der Waals surface area contributed by atoms with E-state index in [0.29, 0.717) is 36.8 Å². The van der Waals surface area contributed by atoms with E-state index >= 15 is 0 Å². The van der Waals surface area contributed by atoms with Crippen LogP contribution in [0, 0.1) is 11.8 Å². The molecule has 2 amide bonds. The van der Waals surface area contributed by atoms with Crippen molar-refractivity contribution < 1.29 is 19.1 Å². The fraction of sp³-hybridized carbons (Fsp3) is 0.636. The van der Waals surface area contributed by atoms with Crippen LogP contribution in [0.3, 0.4) is 0 Å². The number of nitrogens with one attached hydrogen (secondary N) is 1. The summed E-state index contributed by atoms with van der Waals surface area (Å²) in [6.07, 6.45) is 5.87. The van der Waals surface area contributed by atoms with E-state index in [1.165, 1.54) is 25.7 Å². The lowest BCUT2D eigenvalue weighted by molar-refractivity contribution is -0.143. The SMILES string of the molecule is CCN1C(=O)CC[C@@H](C(=O)NCC2CCCC2)[C@@H]1c1ccc(OC)cc1OC. The lowest BCUT2D eigenvalue weighted by Crippen LogP contribution is -2.48. The van der Waals surface area contributed by atoms with Crippen LogP contribution in [0.2, 0.25) is 0 Å². The monoisotopic (exact) mass is 388 g/mol. The second-order valence-electron chi connectivity index (χ2n) is 7.77. The Balaban J connectivity index is 1.87. The topological polar surface area (TPSA) is 67.9 Å². The number of hydrogen-bond donors (Lipinski definition) is 1. The van der Waals surface area contributed by atoms with Crippen LogP contribution in [-0.2, 0) is 9.59 Å². The summed E-state index contributed by atoms with van der Waals surface area (Å²) < 4.78 is 10.9. The predicted molar refractivity (Wildman–Crippen MR) is 107 cm³/mol. The summed E-state index contributed by atoms with van der Waals surface area (Å²) in [4.78, 5) is 27.5. The molecule has 6 heteroatoms. The van der Waals surface area contributed by atoms with Gasteiger partial charge >= 0.3 is 0 Å². The first kappa shape index (κ1) is 20.5. The molecular formula is C22H32N2O4. The highest BCUT2D eigenvalue weighted by Gasteiger charge is 2.41. The zero-order valence-electron chi connectivity index (χ0n) is 17.2. The van der Waals surface area contributed by atoms with Crippen LogP contribution in [-0.4, -0.2) is 44.0 Å². The van der Waals surface area contributed by atoms with Crippen LogP contribution in [0.5, 0.6) is 11.5 Å². The van der Waals surface area contributed by atoms with Gasteiger partial charge in [-0.15, -0.1) is 0 Å². The lowest BCUT2D eigenvalue weighted by Gasteiger charge is -2.41. The van der Waals surface area contributed by atoms with Gasteiger partial charge in [0.1, 0.15) is 11.5 Å². The molecule has 1 aromatic rings. The van der Waals surface area contributed by atoms with Crippen molar-refractivity contribution in [3.63, 3.8) is 0 Å². The van der Waals surface area contributed by atoms with Crippen molar-refractivity contribution >= 4 is 11.8 Å². The number of rotatable bonds is 7. The molecule has 28 heavy (non-hydrogen) atoms. The summed E-state index contributed by atoms with van der Waals surface area (Å²) in [7, 11) is 3.21. The number of methoxy groups -OCH3 is 2. The van der Waals surface area contributed by atoms with Gasteiger partial charge in [0.05, 0.1) is 26.2 Å². The first-order chi connectivity index (χ1) is 13.6. The van der Waals surface area contributed by atoms with Crippen molar-refractivity contribution in [2.75, 3.05) is 27.3 Å². The van der Waals surface area contributed by atoms with Crippen molar-refractivity contribution in [1.29, 1.82) is 0 Å². The Bertz CT molecular complexity index is 700. The van der Waals surface area contributed by atoms with Gasteiger partial charge in [-0.3, -0.25) is 9.59 Å². The highest BCUT2D eigenvalue weighted by atomic mass is 16.5. The highest BCUT2D eigenvalue weighted by molar-refractivity contribution is 5.85. The Morgan fingerprint density at radius 1 is 1.18 bits per heavy atom. The van der Waals surface area contributed by atoms with Gasteiger partial charge in [0.15, 0.2) is 0 Å². The fourth-order valence-electron chi connectivity index (χ4n) is 4.64. The summed E-state index contributed by atoms with van der Waals surface area (Å²) in [6.45, 7) is 3.26. The second-order valence-corrected chi connectivity index (χ2v) is 7.77. The first-order valence-electron chi connectivity index (χ1n) is 10.4. The minimum Gasteiger partial charge on any atom is -0.497 e. The largest absolute Gasteiger partial charge is 0.497 e. The van der Waals surface area contributed by atoms with Gasteiger partial charge in [0, 0.05) is 31.1 Å². The smallest absolute Gasteiger partial charge is 0.225 e. The molecule has 1 heterocycles. The Morgan fingerprint density at radius 2 is 1.93 bits per heavy atom. The molecule has 3 rings (SSSR count). The number of carbonyl (C=O) groups is 2. The molecule has 0 unspecified atom stereocenters. The van der Waals surface area contributed by atoms with E-state index in [4.69, 9.17) is 9.47 Å². The number of ether oxygens (including phenoxy) is 2. The third-order valence-electron chi connectivity index (χ3n) is 6.18. The predicted octanol–water partition coefficient (Wildman–Crippen LogP) is 3.31. The van der Waals surface area contributed by atoms with Crippen molar-refractivity contribution in [2.45, 2.75) is 51.5 Å². The van der Waals surface area contributed by atoms with E-state index < -0.39 is 0 Å². The maximum Gasteiger partial charge on any atom is 0.225 e. The molecule has 1 aliphatic carbocycles. The van der Waals surface area contributed by atoms with Crippen LogP contribution in [0.15, 0.2) is 18.2 Å². The molecule has 0 bridgehead atoms. The van der Waals surface area contributed by atoms with Crippen LogP contribution in [0.4, 0.5) is 0 Å². The highest BCUT2D eigenvalue weighted by Crippen LogP contribution is 2.41. The normalized spacial score (nSPS) is 23.0. The standard InChI is InChI=1S/C22H32N2O4/c1-4-24-20(25)12-11-18(22(26)23-14-15-7-5-6-8-15)21(24)17-10-9-16(27-2)13-19(17)28-3/h9-10,13,15,18,21H,4-8,11-12,14H2,1-3H3,(H,23,26)/t18-,21+/m1/s1. The zero-order valence-corrected chi connectivity index (χ0v) is 17.2. The second kappa shape index (κ2) is 9.30. The molecule has 2 atom stereocenters. The number of nitrogens with zero attached hydrogens (tertiary/aromatic N) is 1. The van der Waals surface area contributed by atoms with Gasteiger partial charge in [-0.1, -0.05) is 12.8 Å². The van der Waals surface area contributed by atoms with Crippen molar-refractivity contribution in [1.82, 2.24) is 10.2 Å². The van der Waals surface area contributed by atoms with Gasteiger partial charge in [0.25, 0.3) is 0 Å². The quantitative estimate of drug-likeness (QED) is 0.778.